The van der Waals surface area contributed by atoms with Gasteiger partial charge in [-0.2, -0.15) is 10.1 Å². The Morgan fingerprint density at radius 3 is 2.80 bits per heavy atom. The highest BCUT2D eigenvalue weighted by atomic mass is 79.9. The molecule has 0 aliphatic heterocycles. The van der Waals surface area contributed by atoms with Gasteiger partial charge >= 0.3 is 5.69 Å². The molecule has 10 heteroatoms. The number of aromatic nitrogens is 4. The minimum atomic E-state index is -0.552. The van der Waals surface area contributed by atoms with Crippen molar-refractivity contribution in [3.8, 4) is 5.75 Å². The lowest BCUT2D eigenvalue weighted by atomic mass is 10.2. The Morgan fingerprint density at radius 2 is 2.03 bits per heavy atom. The largest absolute Gasteiger partial charge is 0.507 e. The summed E-state index contributed by atoms with van der Waals surface area (Å²) in [6.45, 7) is 0.325. The van der Waals surface area contributed by atoms with Gasteiger partial charge < -0.3 is 5.11 Å². The van der Waals surface area contributed by atoms with Crippen molar-refractivity contribution in [3.05, 3.63) is 85.0 Å². The summed E-state index contributed by atoms with van der Waals surface area (Å²) in [6.07, 6.45) is 1.45. The molecule has 0 fully saturated rings. The number of benzene rings is 2. The van der Waals surface area contributed by atoms with Crippen molar-refractivity contribution in [2.75, 3.05) is 5.43 Å². The average molecular weight is 469 g/mol. The van der Waals surface area contributed by atoms with Gasteiger partial charge in [0.15, 0.2) is 11.2 Å². The first kappa shape index (κ1) is 19.6. The summed E-state index contributed by atoms with van der Waals surface area (Å²) in [5.74, 6) is 0.368. The number of aromatic amines is 1. The Bertz CT molecular complexity index is 1390. The molecule has 152 valence electrons. The van der Waals surface area contributed by atoms with Crippen molar-refractivity contribution in [2.45, 2.75) is 6.54 Å². The molecule has 0 spiro atoms. The lowest BCUT2D eigenvalue weighted by Gasteiger charge is -2.09. The van der Waals surface area contributed by atoms with Crippen LogP contribution in [0, 0.1) is 0 Å². The molecule has 4 aromatic rings. The van der Waals surface area contributed by atoms with E-state index in [0.717, 1.165) is 10.0 Å². The lowest BCUT2D eigenvalue weighted by Crippen LogP contribution is -2.29. The molecule has 2 aromatic carbocycles. The lowest BCUT2D eigenvalue weighted by molar-refractivity contribution is 0.474. The second kappa shape index (κ2) is 7.99. The number of hydrogen-bond acceptors (Lipinski definition) is 6. The summed E-state index contributed by atoms with van der Waals surface area (Å²) in [5.41, 5.74) is 3.65. The molecule has 0 saturated carbocycles. The van der Waals surface area contributed by atoms with Gasteiger partial charge in [0.1, 0.15) is 5.75 Å². The number of imidazole rings is 1. The fraction of sp³-hybridized carbons (Fsp3) is 0.100. The number of aromatic hydroxyl groups is 1. The van der Waals surface area contributed by atoms with E-state index in [9.17, 15) is 14.7 Å². The van der Waals surface area contributed by atoms with E-state index in [1.165, 1.54) is 17.8 Å². The van der Waals surface area contributed by atoms with Crippen LogP contribution in [0.2, 0.25) is 0 Å². The smallest absolute Gasteiger partial charge is 0.329 e. The molecule has 30 heavy (non-hydrogen) atoms. The van der Waals surface area contributed by atoms with Crippen LogP contribution in [0.1, 0.15) is 11.1 Å². The van der Waals surface area contributed by atoms with Crippen LogP contribution in [-0.4, -0.2) is 30.4 Å². The van der Waals surface area contributed by atoms with Crippen molar-refractivity contribution in [3.63, 3.8) is 0 Å². The van der Waals surface area contributed by atoms with Gasteiger partial charge in [-0.3, -0.25) is 18.9 Å². The van der Waals surface area contributed by atoms with Gasteiger partial charge in [-0.1, -0.05) is 40.2 Å². The molecule has 3 N–H and O–H groups in total. The maximum Gasteiger partial charge on any atom is 0.329 e. The first-order chi connectivity index (χ1) is 14.4. The van der Waals surface area contributed by atoms with Crippen molar-refractivity contribution in [1.82, 2.24) is 19.1 Å². The molecule has 0 atom stereocenters. The Morgan fingerprint density at radius 1 is 1.23 bits per heavy atom. The summed E-state index contributed by atoms with van der Waals surface area (Å²) in [5, 5.41) is 14.0. The second-order valence-electron chi connectivity index (χ2n) is 6.57. The van der Waals surface area contributed by atoms with Crippen molar-refractivity contribution >= 4 is 39.3 Å². The number of phenols is 1. The average Bonchev–Trinajstić information content (AvgIpc) is 3.07. The molecule has 0 saturated heterocycles. The molecule has 2 heterocycles. The third-order valence-electron chi connectivity index (χ3n) is 4.54. The van der Waals surface area contributed by atoms with E-state index in [2.05, 4.69) is 36.4 Å². The number of para-hydroxylation sites is 1. The Hall–Kier alpha value is -3.66. The van der Waals surface area contributed by atoms with E-state index < -0.39 is 11.2 Å². The van der Waals surface area contributed by atoms with Gasteiger partial charge in [-0.25, -0.2) is 10.2 Å². The summed E-state index contributed by atoms with van der Waals surface area (Å²) < 4.78 is 3.82. The number of nitrogens with one attached hydrogen (secondary N) is 2. The van der Waals surface area contributed by atoms with Crippen molar-refractivity contribution in [1.29, 1.82) is 0 Å². The molecule has 4 rings (SSSR count). The van der Waals surface area contributed by atoms with Gasteiger partial charge in [-0.05, 0) is 29.8 Å². The molecule has 0 bridgehead atoms. The molecule has 0 aliphatic rings. The van der Waals surface area contributed by atoms with Crippen LogP contribution in [0.25, 0.3) is 11.2 Å². The number of halogens is 1. The third kappa shape index (κ3) is 3.77. The number of H-pyrrole nitrogens is 1. The van der Waals surface area contributed by atoms with Crippen LogP contribution < -0.4 is 16.7 Å². The fourth-order valence-electron chi connectivity index (χ4n) is 3.05. The molecular weight excluding hydrogens is 452 g/mol. The van der Waals surface area contributed by atoms with Crippen LogP contribution >= 0.6 is 15.9 Å². The predicted octanol–water partition coefficient (Wildman–Crippen LogP) is 2.39. The zero-order valence-corrected chi connectivity index (χ0v) is 17.4. The summed E-state index contributed by atoms with van der Waals surface area (Å²) in [7, 11) is 1.53. The second-order valence-corrected chi connectivity index (χ2v) is 7.49. The van der Waals surface area contributed by atoms with Gasteiger partial charge in [0.2, 0.25) is 5.95 Å². The molecule has 0 unspecified atom stereocenters. The van der Waals surface area contributed by atoms with E-state index >= 15 is 0 Å². The first-order valence-electron chi connectivity index (χ1n) is 8.95. The number of aryl methyl sites for hydroxylation is 1. The van der Waals surface area contributed by atoms with E-state index in [-0.39, 0.29) is 22.9 Å². The van der Waals surface area contributed by atoms with Gasteiger partial charge in [0, 0.05) is 17.1 Å². The van der Waals surface area contributed by atoms with Crippen LogP contribution in [0.5, 0.6) is 5.75 Å². The Kier molecular flexibility index (Phi) is 5.23. The predicted molar refractivity (Wildman–Crippen MR) is 118 cm³/mol. The van der Waals surface area contributed by atoms with E-state index in [0.29, 0.717) is 12.1 Å². The van der Waals surface area contributed by atoms with Crippen LogP contribution in [0.3, 0.4) is 0 Å². The number of nitrogens with zero attached hydrogens (tertiary/aromatic N) is 4. The fourth-order valence-corrected chi connectivity index (χ4v) is 3.49. The maximum atomic E-state index is 12.5. The molecule has 9 nitrogen and oxygen atoms in total. The normalized spacial score (nSPS) is 11.4. The number of anilines is 1. The molecule has 0 amide bonds. The number of fused-ring (bicyclic) bond motifs is 1. The maximum absolute atomic E-state index is 12.5. The molecule has 0 aliphatic carbocycles. The standard InChI is InChI=1S/C20H17BrN6O3/c1-26-17-16(18(29)24-20(26)30)27(11-12-5-4-7-14(21)9-12)19(23-17)25-22-10-13-6-2-3-8-15(13)28/h2-10,28H,11H2,1H3,(H,23,25)(H,24,29,30)/b22-10+. The number of rotatable bonds is 5. The van der Waals surface area contributed by atoms with Crippen LogP contribution in [0.15, 0.2) is 67.7 Å². The molecule has 2 aromatic heterocycles. The number of phenolic OH excluding ortho intramolecular Hbond substituents is 1. The minimum Gasteiger partial charge on any atom is -0.507 e. The zero-order chi connectivity index (χ0) is 21.3. The van der Waals surface area contributed by atoms with Gasteiger partial charge in [0.25, 0.3) is 5.56 Å². The molecule has 0 radical (unpaired) electrons. The first-order valence-corrected chi connectivity index (χ1v) is 9.74. The Balaban J connectivity index is 1.80. The summed E-state index contributed by atoms with van der Waals surface area (Å²) >= 11 is 3.44. The van der Waals surface area contributed by atoms with Crippen LogP contribution in [0.4, 0.5) is 5.95 Å². The van der Waals surface area contributed by atoms with E-state index in [4.69, 9.17) is 0 Å². The minimum absolute atomic E-state index is 0.0875. The van der Waals surface area contributed by atoms with Crippen molar-refractivity contribution < 1.29 is 5.11 Å². The van der Waals surface area contributed by atoms with Gasteiger partial charge in [-0.15, -0.1) is 0 Å². The van der Waals surface area contributed by atoms with Crippen molar-refractivity contribution in [2.24, 2.45) is 12.1 Å². The summed E-state index contributed by atoms with van der Waals surface area (Å²) in [6, 6.07) is 14.4. The van der Waals surface area contributed by atoms with E-state index in [1.807, 2.05) is 24.3 Å². The zero-order valence-electron chi connectivity index (χ0n) is 15.8. The van der Waals surface area contributed by atoms with E-state index in [1.54, 1.807) is 28.8 Å². The highest BCUT2D eigenvalue weighted by molar-refractivity contribution is 9.10. The topological polar surface area (TPSA) is 117 Å². The van der Waals surface area contributed by atoms with Gasteiger partial charge in [0.05, 0.1) is 12.8 Å². The third-order valence-corrected chi connectivity index (χ3v) is 5.03. The highest BCUT2D eigenvalue weighted by Gasteiger charge is 2.17. The Labute approximate surface area is 178 Å². The SMILES string of the molecule is Cn1c(=O)[nH]c(=O)c2c1nc(N/N=C/c1ccccc1O)n2Cc1cccc(Br)c1. The number of hydrogen-bond donors (Lipinski definition) is 3. The monoisotopic (exact) mass is 468 g/mol. The molecular formula is C20H17BrN6O3. The highest BCUT2D eigenvalue weighted by Crippen LogP contribution is 2.20. The number of hydrazone groups is 1. The summed E-state index contributed by atoms with van der Waals surface area (Å²) in [4.78, 5) is 31.2. The van der Waals surface area contributed by atoms with Crippen LogP contribution in [-0.2, 0) is 13.6 Å². The quantitative estimate of drug-likeness (QED) is 0.307.